The first-order chi connectivity index (χ1) is 7.76. The second kappa shape index (κ2) is 8.04. The molecule has 1 fully saturated rings. The van der Waals surface area contributed by atoms with Crippen LogP contribution in [0.5, 0.6) is 0 Å². The van der Waals surface area contributed by atoms with Crippen molar-refractivity contribution in [3.63, 3.8) is 0 Å². The zero-order valence-electron chi connectivity index (χ0n) is 10.6. The molecule has 3 nitrogen and oxygen atoms in total. The Morgan fingerprint density at radius 2 is 1.69 bits per heavy atom. The molecule has 3 heteroatoms. The third-order valence-corrected chi connectivity index (χ3v) is 3.70. The van der Waals surface area contributed by atoms with Crippen LogP contribution in [0.1, 0.15) is 39.0 Å². The average Bonchev–Trinajstić information content (AvgIpc) is 2.29. The van der Waals surface area contributed by atoms with Crippen LogP contribution < -0.4 is 0 Å². The van der Waals surface area contributed by atoms with E-state index in [-0.39, 0.29) is 13.2 Å². The molecule has 1 saturated carbocycles. The van der Waals surface area contributed by atoms with Gasteiger partial charge in [-0.1, -0.05) is 19.8 Å². The quantitative estimate of drug-likeness (QED) is 0.695. The number of aliphatic hydroxyl groups excluding tert-OH is 2. The van der Waals surface area contributed by atoms with Crippen LogP contribution in [0, 0.1) is 11.8 Å². The highest BCUT2D eigenvalue weighted by atomic mass is 16.3. The maximum atomic E-state index is 9.00. The van der Waals surface area contributed by atoms with E-state index in [2.05, 4.69) is 11.8 Å². The Morgan fingerprint density at radius 1 is 1.00 bits per heavy atom. The van der Waals surface area contributed by atoms with Crippen LogP contribution in [0.2, 0.25) is 0 Å². The molecule has 2 N–H and O–H groups in total. The lowest BCUT2D eigenvalue weighted by Crippen LogP contribution is -2.34. The third kappa shape index (κ3) is 5.28. The smallest absolute Gasteiger partial charge is 0.0558 e. The fourth-order valence-corrected chi connectivity index (χ4v) is 2.61. The molecule has 96 valence electrons. The predicted octanol–water partition coefficient (Wildman–Crippen LogP) is 1.49. The minimum absolute atomic E-state index is 0.231. The van der Waals surface area contributed by atoms with Crippen molar-refractivity contribution in [2.24, 2.45) is 11.8 Å². The van der Waals surface area contributed by atoms with Crippen LogP contribution in [0.3, 0.4) is 0 Å². The van der Waals surface area contributed by atoms with E-state index < -0.39 is 0 Å². The van der Waals surface area contributed by atoms with E-state index in [9.17, 15) is 0 Å². The summed E-state index contributed by atoms with van der Waals surface area (Å²) in [5.74, 6) is 1.71. The lowest BCUT2D eigenvalue weighted by atomic mass is 9.83. The lowest BCUT2D eigenvalue weighted by Gasteiger charge is -2.31. The van der Waals surface area contributed by atoms with Gasteiger partial charge >= 0.3 is 0 Å². The Hall–Kier alpha value is -0.120. The van der Waals surface area contributed by atoms with Gasteiger partial charge < -0.3 is 15.1 Å². The topological polar surface area (TPSA) is 43.7 Å². The third-order valence-electron chi connectivity index (χ3n) is 3.70. The van der Waals surface area contributed by atoms with Gasteiger partial charge in [-0.2, -0.15) is 0 Å². The highest BCUT2D eigenvalue weighted by Gasteiger charge is 2.20. The molecule has 1 rings (SSSR count). The molecule has 0 radical (unpaired) electrons. The molecule has 0 amide bonds. The van der Waals surface area contributed by atoms with Gasteiger partial charge in [-0.25, -0.2) is 0 Å². The van der Waals surface area contributed by atoms with Crippen molar-refractivity contribution in [2.45, 2.75) is 39.0 Å². The standard InChI is InChI=1S/C13H27NO2/c1-12-3-5-13(6-4-12)11-14(8-10-16)7-2-9-15/h12-13,15-16H,2-11H2,1H3. The highest BCUT2D eigenvalue weighted by molar-refractivity contribution is 4.73. The fourth-order valence-electron chi connectivity index (χ4n) is 2.61. The Balaban J connectivity index is 2.24. The van der Waals surface area contributed by atoms with Crippen LogP contribution in [0.4, 0.5) is 0 Å². The summed E-state index contributed by atoms with van der Waals surface area (Å²) < 4.78 is 0. The second-order valence-corrected chi connectivity index (χ2v) is 5.23. The molecule has 1 aliphatic rings. The Morgan fingerprint density at radius 3 is 2.25 bits per heavy atom. The van der Waals surface area contributed by atoms with E-state index >= 15 is 0 Å². The molecule has 16 heavy (non-hydrogen) atoms. The van der Waals surface area contributed by atoms with Crippen molar-refractivity contribution in [1.82, 2.24) is 4.90 Å². The molecule has 0 unspecified atom stereocenters. The van der Waals surface area contributed by atoms with Crippen LogP contribution in [-0.4, -0.2) is 48.0 Å². The minimum atomic E-state index is 0.231. The van der Waals surface area contributed by atoms with Crippen LogP contribution >= 0.6 is 0 Å². The van der Waals surface area contributed by atoms with E-state index in [1.165, 1.54) is 25.7 Å². The van der Waals surface area contributed by atoms with E-state index in [1.807, 2.05) is 0 Å². The summed E-state index contributed by atoms with van der Waals surface area (Å²) in [5, 5.41) is 17.8. The van der Waals surface area contributed by atoms with Crippen molar-refractivity contribution in [2.75, 3.05) is 32.8 Å². The Labute approximate surface area is 99.5 Å². The molecular weight excluding hydrogens is 202 g/mol. The van der Waals surface area contributed by atoms with Gasteiger partial charge in [0.15, 0.2) is 0 Å². The van der Waals surface area contributed by atoms with E-state index in [0.717, 1.165) is 37.9 Å². The van der Waals surface area contributed by atoms with Crippen molar-refractivity contribution in [1.29, 1.82) is 0 Å². The van der Waals surface area contributed by atoms with Gasteiger partial charge in [0, 0.05) is 26.2 Å². The summed E-state index contributed by atoms with van der Waals surface area (Å²) in [6, 6.07) is 0. The molecular formula is C13H27NO2. The van der Waals surface area contributed by atoms with Gasteiger partial charge in [0.05, 0.1) is 6.61 Å². The van der Waals surface area contributed by atoms with E-state index in [1.54, 1.807) is 0 Å². The zero-order chi connectivity index (χ0) is 11.8. The molecule has 0 aliphatic heterocycles. The fraction of sp³-hybridized carbons (Fsp3) is 1.00. The van der Waals surface area contributed by atoms with Gasteiger partial charge in [0.2, 0.25) is 0 Å². The first-order valence-electron chi connectivity index (χ1n) is 6.70. The largest absolute Gasteiger partial charge is 0.396 e. The van der Waals surface area contributed by atoms with Gasteiger partial charge in [0.25, 0.3) is 0 Å². The van der Waals surface area contributed by atoms with Gasteiger partial charge in [-0.3, -0.25) is 0 Å². The molecule has 0 atom stereocenters. The molecule has 0 spiro atoms. The lowest BCUT2D eigenvalue weighted by molar-refractivity contribution is 0.142. The number of nitrogens with zero attached hydrogens (tertiary/aromatic N) is 1. The SMILES string of the molecule is CC1CCC(CN(CCO)CCCO)CC1. The highest BCUT2D eigenvalue weighted by Crippen LogP contribution is 2.28. The normalized spacial score (nSPS) is 26.2. The molecule has 0 aromatic heterocycles. The van der Waals surface area contributed by atoms with E-state index in [0.29, 0.717) is 0 Å². The van der Waals surface area contributed by atoms with Crippen molar-refractivity contribution in [3.05, 3.63) is 0 Å². The van der Waals surface area contributed by atoms with Crippen molar-refractivity contribution < 1.29 is 10.2 Å². The van der Waals surface area contributed by atoms with Crippen LogP contribution in [-0.2, 0) is 0 Å². The summed E-state index contributed by atoms with van der Waals surface area (Å²) in [5.41, 5.74) is 0. The van der Waals surface area contributed by atoms with Crippen molar-refractivity contribution >= 4 is 0 Å². The molecule has 0 saturated heterocycles. The van der Waals surface area contributed by atoms with Gasteiger partial charge in [0.1, 0.15) is 0 Å². The van der Waals surface area contributed by atoms with Crippen LogP contribution in [0.15, 0.2) is 0 Å². The van der Waals surface area contributed by atoms with Gasteiger partial charge in [-0.15, -0.1) is 0 Å². The van der Waals surface area contributed by atoms with E-state index in [4.69, 9.17) is 10.2 Å². The summed E-state index contributed by atoms with van der Waals surface area (Å²) >= 11 is 0. The number of hydrogen-bond donors (Lipinski definition) is 2. The summed E-state index contributed by atoms with van der Waals surface area (Å²) in [6.45, 7) is 5.61. The maximum Gasteiger partial charge on any atom is 0.0558 e. The molecule has 1 aliphatic carbocycles. The van der Waals surface area contributed by atoms with Gasteiger partial charge in [-0.05, 0) is 31.1 Å². The molecule has 0 bridgehead atoms. The number of hydrogen-bond acceptors (Lipinski definition) is 3. The second-order valence-electron chi connectivity index (χ2n) is 5.23. The average molecular weight is 229 g/mol. The monoisotopic (exact) mass is 229 g/mol. The van der Waals surface area contributed by atoms with Crippen LogP contribution in [0.25, 0.3) is 0 Å². The Bertz CT molecular complexity index is 167. The maximum absolute atomic E-state index is 9.00. The summed E-state index contributed by atoms with van der Waals surface area (Å²) in [6.07, 6.45) is 6.21. The summed E-state index contributed by atoms with van der Waals surface area (Å²) in [4.78, 5) is 2.30. The molecule has 0 aromatic rings. The predicted molar refractivity (Wildman–Crippen MR) is 66.4 cm³/mol. The molecule has 0 aromatic carbocycles. The first-order valence-corrected chi connectivity index (χ1v) is 6.70. The zero-order valence-corrected chi connectivity index (χ0v) is 10.6. The minimum Gasteiger partial charge on any atom is -0.396 e. The summed E-state index contributed by atoms with van der Waals surface area (Å²) in [7, 11) is 0. The number of rotatable bonds is 7. The number of aliphatic hydroxyl groups is 2. The molecule has 0 heterocycles. The first kappa shape index (κ1) is 13.9. The Kier molecular flexibility index (Phi) is 7.01. The van der Waals surface area contributed by atoms with Crippen molar-refractivity contribution in [3.8, 4) is 0 Å².